The van der Waals surface area contributed by atoms with Gasteiger partial charge in [0.25, 0.3) is 0 Å². The summed E-state index contributed by atoms with van der Waals surface area (Å²) >= 11 is 1.53. The first-order valence-electron chi connectivity index (χ1n) is 7.08. The summed E-state index contributed by atoms with van der Waals surface area (Å²) < 4.78 is 1.56. The number of anilines is 1. The lowest BCUT2D eigenvalue weighted by molar-refractivity contribution is -0.115. The lowest BCUT2D eigenvalue weighted by atomic mass is 10.2. The summed E-state index contributed by atoms with van der Waals surface area (Å²) in [6.45, 7) is 1.89. The second-order valence-electron chi connectivity index (χ2n) is 4.86. The van der Waals surface area contributed by atoms with Gasteiger partial charge in [-0.3, -0.25) is 4.79 Å². The molecule has 6 nitrogen and oxygen atoms in total. The third kappa shape index (κ3) is 3.95. The Morgan fingerprint density at radius 1 is 1.13 bits per heavy atom. The van der Waals surface area contributed by atoms with E-state index in [0.29, 0.717) is 0 Å². The van der Waals surface area contributed by atoms with E-state index in [0.717, 1.165) is 16.3 Å². The summed E-state index contributed by atoms with van der Waals surface area (Å²) in [5.74, 6) is -0.0333. The molecule has 1 heterocycles. The van der Waals surface area contributed by atoms with E-state index in [-0.39, 0.29) is 11.2 Å². The van der Waals surface area contributed by atoms with Crippen LogP contribution in [0.15, 0.2) is 65.8 Å². The van der Waals surface area contributed by atoms with Crippen molar-refractivity contribution in [2.24, 2.45) is 0 Å². The van der Waals surface area contributed by atoms with Gasteiger partial charge in [0, 0.05) is 10.6 Å². The van der Waals surface area contributed by atoms with Gasteiger partial charge in [-0.25, -0.2) is 4.68 Å². The number of aromatic nitrogens is 4. The van der Waals surface area contributed by atoms with Crippen molar-refractivity contribution in [2.75, 3.05) is 5.32 Å². The van der Waals surface area contributed by atoms with E-state index in [1.165, 1.54) is 18.1 Å². The van der Waals surface area contributed by atoms with Crippen molar-refractivity contribution in [2.45, 2.75) is 17.1 Å². The van der Waals surface area contributed by atoms with Crippen LogP contribution < -0.4 is 5.32 Å². The van der Waals surface area contributed by atoms with Gasteiger partial charge in [0.1, 0.15) is 6.33 Å². The van der Waals surface area contributed by atoms with E-state index in [9.17, 15) is 4.79 Å². The zero-order valence-corrected chi connectivity index (χ0v) is 13.3. The monoisotopic (exact) mass is 325 g/mol. The molecule has 0 aliphatic rings. The molecule has 1 N–H and O–H groups in total. The standard InChI is InChI=1S/C16H15N5OS/c1-12(23-15-5-3-2-4-6-15)16(22)18-13-7-9-14(10-8-13)21-11-17-19-20-21/h2-12H,1H3,(H,18,22). The van der Waals surface area contributed by atoms with E-state index < -0.39 is 0 Å². The molecule has 1 unspecified atom stereocenters. The molecule has 0 spiro atoms. The first-order chi connectivity index (χ1) is 11.2. The number of hydrogen-bond acceptors (Lipinski definition) is 5. The average Bonchev–Trinajstić information content (AvgIpc) is 3.11. The van der Waals surface area contributed by atoms with Gasteiger partial charge in [0.2, 0.25) is 5.91 Å². The Morgan fingerprint density at radius 2 is 1.87 bits per heavy atom. The molecule has 0 aliphatic heterocycles. The van der Waals surface area contributed by atoms with E-state index >= 15 is 0 Å². The smallest absolute Gasteiger partial charge is 0.237 e. The van der Waals surface area contributed by atoms with Crippen LogP contribution in [0.25, 0.3) is 5.69 Å². The number of rotatable bonds is 5. The van der Waals surface area contributed by atoms with Crippen molar-refractivity contribution < 1.29 is 4.79 Å². The minimum atomic E-state index is -0.184. The fourth-order valence-electron chi connectivity index (χ4n) is 1.98. The van der Waals surface area contributed by atoms with Gasteiger partial charge < -0.3 is 5.32 Å². The third-order valence-electron chi connectivity index (χ3n) is 3.17. The Labute approximate surface area is 137 Å². The highest BCUT2D eigenvalue weighted by Gasteiger charge is 2.14. The molecule has 0 aliphatic carbocycles. The first-order valence-corrected chi connectivity index (χ1v) is 7.96. The van der Waals surface area contributed by atoms with E-state index in [1.807, 2.05) is 61.5 Å². The Balaban J connectivity index is 1.61. The van der Waals surface area contributed by atoms with E-state index in [1.54, 1.807) is 4.68 Å². The Hall–Kier alpha value is -2.67. The Bertz CT molecular complexity index is 759. The lowest BCUT2D eigenvalue weighted by Crippen LogP contribution is -2.22. The fourth-order valence-corrected chi connectivity index (χ4v) is 2.87. The molecule has 0 saturated heterocycles. The average molecular weight is 325 g/mol. The highest BCUT2D eigenvalue weighted by Crippen LogP contribution is 2.23. The summed E-state index contributed by atoms with van der Waals surface area (Å²) in [7, 11) is 0. The highest BCUT2D eigenvalue weighted by atomic mass is 32.2. The maximum atomic E-state index is 12.3. The SMILES string of the molecule is CC(Sc1ccccc1)C(=O)Nc1ccc(-n2cnnn2)cc1. The number of hydrogen-bond donors (Lipinski definition) is 1. The molecular formula is C16H15N5OS. The molecule has 0 saturated carbocycles. The molecule has 23 heavy (non-hydrogen) atoms. The van der Waals surface area contributed by atoms with Crippen LogP contribution in [-0.4, -0.2) is 31.4 Å². The Morgan fingerprint density at radius 3 is 2.52 bits per heavy atom. The zero-order chi connectivity index (χ0) is 16.1. The second kappa shape index (κ2) is 7.06. The maximum absolute atomic E-state index is 12.3. The fraction of sp³-hybridized carbons (Fsp3) is 0.125. The van der Waals surface area contributed by atoms with E-state index in [2.05, 4.69) is 20.8 Å². The largest absolute Gasteiger partial charge is 0.325 e. The Kier molecular flexibility index (Phi) is 4.68. The third-order valence-corrected chi connectivity index (χ3v) is 4.29. The van der Waals surface area contributed by atoms with Crippen LogP contribution in [0.1, 0.15) is 6.92 Å². The minimum absolute atomic E-state index is 0.0333. The first kappa shape index (κ1) is 15.2. The van der Waals surface area contributed by atoms with E-state index in [4.69, 9.17) is 0 Å². The highest BCUT2D eigenvalue weighted by molar-refractivity contribution is 8.00. The second-order valence-corrected chi connectivity index (χ2v) is 6.28. The number of carbonyl (C=O) groups excluding carboxylic acids is 1. The minimum Gasteiger partial charge on any atom is -0.325 e. The van der Waals surface area contributed by atoms with Gasteiger partial charge in [-0.2, -0.15) is 0 Å². The number of amides is 1. The van der Waals surface area contributed by atoms with Crippen molar-refractivity contribution >= 4 is 23.4 Å². The van der Waals surface area contributed by atoms with Crippen molar-refractivity contribution in [3.05, 3.63) is 60.9 Å². The molecule has 3 aromatic rings. The molecule has 1 amide bonds. The van der Waals surface area contributed by atoms with Crippen molar-refractivity contribution in [1.29, 1.82) is 0 Å². The molecule has 1 aromatic heterocycles. The normalized spacial score (nSPS) is 11.9. The number of thioether (sulfide) groups is 1. The van der Waals surface area contributed by atoms with Gasteiger partial charge in [-0.05, 0) is 53.7 Å². The topological polar surface area (TPSA) is 72.7 Å². The van der Waals surface area contributed by atoms with Crippen molar-refractivity contribution in [3.63, 3.8) is 0 Å². The number of nitrogens with one attached hydrogen (secondary N) is 1. The maximum Gasteiger partial charge on any atom is 0.237 e. The van der Waals surface area contributed by atoms with Gasteiger partial charge >= 0.3 is 0 Å². The molecule has 116 valence electrons. The van der Waals surface area contributed by atoms with Gasteiger partial charge in [-0.1, -0.05) is 18.2 Å². The summed E-state index contributed by atoms with van der Waals surface area (Å²) in [5.41, 5.74) is 1.58. The number of carbonyl (C=O) groups is 1. The van der Waals surface area contributed by atoms with Gasteiger partial charge in [0.15, 0.2) is 0 Å². The summed E-state index contributed by atoms with van der Waals surface area (Å²) in [4.78, 5) is 13.3. The van der Waals surface area contributed by atoms with Crippen LogP contribution in [0.4, 0.5) is 5.69 Å². The lowest BCUT2D eigenvalue weighted by Gasteiger charge is -2.12. The predicted octanol–water partition coefficient (Wildman–Crippen LogP) is 2.78. The quantitative estimate of drug-likeness (QED) is 0.730. The molecule has 7 heteroatoms. The number of benzene rings is 2. The van der Waals surface area contributed by atoms with Crippen molar-refractivity contribution in [3.8, 4) is 5.69 Å². The summed E-state index contributed by atoms with van der Waals surface area (Å²) in [6, 6.07) is 17.2. The molecular weight excluding hydrogens is 310 g/mol. The molecule has 1 atom stereocenters. The van der Waals surface area contributed by atoms with Crippen LogP contribution in [0.5, 0.6) is 0 Å². The van der Waals surface area contributed by atoms with Crippen LogP contribution in [0.3, 0.4) is 0 Å². The molecule has 0 bridgehead atoms. The molecule has 3 rings (SSSR count). The molecule has 0 radical (unpaired) electrons. The number of nitrogens with zero attached hydrogens (tertiary/aromatic N) is 4. The zero-order valence-electron chi connectivity index (χ0n) is 12.5. The predicted molar refractivity (Wildman–Crippen MR) is 89.5 cm³/mol. The van der Waals surface area contributed by atoms with Crippen LogP contribution in [0.2, 0.25) is 0 Å². The van der Waals surface area contributed by atoms with Crippen LogP contribution in [-0.2, 0) is 4.79 Å². The molecule has 0 fully saturated rings. The van der Waals surface area contributed by atoms with Crippen LogP contribution in [0, 0.1) is 0 Å². The van der Waals surface area contributed by atoms with Gasteiger partial charge in [0.05, 0.1) is 10.9 Å². The van der Waals surface area contributed by atoms with Gasteiger partial charge in [-0.15, -0.1) is 16.9 Å². The summed E-state index contributed by atoms with van der Waals surface area (Å²) in [6.07, 6.45) is 1.52. The molecule has 2 aromatic carbocycles. The van der Waals surface area contributed by atoms with Crippen molar-refractivity contribution in [1.82, 2.24) is 20.2 Å². The number of tetrazole rings is 1. The van der Waals surface area contributed by atoms with Crippen LogP contribution >= 0.6 is 11.8 Å². The summed E-state index contributed by atoms with van der Waals surface area (Å²) in [5, 5.41) is 13.7.